The molecule has 2 aromatic rings. The van der Waals surface area contributed by atoms with E-state index in [1.807, 2.05) is 30.5 Å². The number of nitrogens with one attached hydrogen (secondary N) is 2. The Bertz CT molecular complexity index is 702. The topological polar surface area (TPSA) is 53.6 Å². The summed E-state index contributed by atoms with van der Waals surface area (Å²) < 4.78 is 5.38. The van der Waals surface area contributed by atoms with Crippen LogP contribution in [0.3, 0.4) is 0 Å². The molecule has 0 saturated carbocycles. The van der Waals surface area contributed by atoms with Crippen LogP contribution in [0.1, 0.15) is 12.5 Å². The van der Waals surface area contributed by atoms with Crippen molar-refractivity contribution in [2.24, 2.45) is 0 Å². The third-order valence-corrected chi connectivity index (χ3v) is 5.14. The molecule has 3 rings (SSSR count). The molecule has 25 heavy (non-hydrogen) atoms. The van der Waals surface area contributed by atoms with Crippen LogP contribution < -0.4 is 15.5 Å². The van der Waals surface area contributed by atoms with Gasteiger partial charge in [0.2, 0.25) is 0 Å². The van der Waals surface area contributed by atoms with Crippen molar-refractivity contribution in [3.63, 3.8) is 0 Å². The summed E-state index contributed by atoms with van der Waals surface area (Å²) in [5, 5.41) is 10.5. The molecule has 1 aromatic heterocycles. The number of carbonyl (C=O) groups excluding carboxylic acids is 1. The van der Waals surface area contributed by atoms with Gasteiger partial charge in [0, 0.05) is 24.8 Å². The summed E-state index contributed by atoms with van der Waals surface area (Å²) >= 11 is 7.91. The molecular weight excluding hydrogens is 358 g/mol. The first kappa shape index (κ1) is 18.0. The molecule has 0 spiro atoms. The molecule has 0 bridgehead atoms. The lowest BCUT2D eigenvalue weighted by Gasteiger charge is -2.29. The summed E-state index contributed by atoms with van der Waals surface area (Å²) in [5.41, 5.74) is 2.88. The standard InChI is InChI=1S/C18H22ClN3O2S/c1-13(10-14-4-9-25-12-14)20-18(23)21-17-11-15(2-3-16(17)19)22-5-7-24-8-6-22/h2-4,9,11-13H,5-8,10H2,1H3,(H2,20,21,23)/t13-/m0/s1. The minimum absolute atomic E-state index is 0.0378. The number of halogens is 1. The molecular formula is C18H22ClN3O2S. The number of thiophene rings is 1. The van der Waals surface area contributed by atoms with Crippen molar-refractivity contribution in [1.82, 2.24) is 5.32 Å². The molecule has 1 atom stereocenters. The Balaban J connectivity index is 1.60. The van der Waals surface area contributed by atoms with Crippen LogP contribution in [0.2, 0.25) is 5.02 Å². The first-order valence-corrected chi connectivity index (χ1v) is 9.65. The van der Waals surface area contributed by atoms with E-state index in [-0.39, 0.29) is 12.1 Å². The van der Waals surface area contributed by atoms with E-state index in [1.54, 1.807) is 11.3 Å². The number of benzene rings is 1. The summed E-state index contributed by atoms with van der Waals surface area (Å²) in [4.78, 5) is 14.5. The number of ether oxygens (including phenoxy) is 1. The van der Waals surface area contributed by atoms with Crippen LogP contribution in [-0.2, 0) is 11.2 Å². The number of rotatable bonds is 5. The van der Waals surface area contributed by atoms with E-state index >= 15 is 0 Å². The fourth-order valence-corrected chi connectivity index (χ4v) is 3.67. The zero-order valence-corrected chi connectivity index (χ0v) is 15.7. The Kier molecular flexibility index (Phi) is 6.18. The molecule has 0 radical (unpaired) electrons. The second kappa shape index (κ2) is 8.56. The summed E-state index contributed by atoms with van der Waals surface area (Å²) in [5.74, 6) is 0. The van der Waals surface area contributed by atoms with Crippen molar-refractivity contribution >= 4 is 40.3 Å². The first-order chi connectivity index (χ1) is 12.1. The van der Waals surface area contributed by atoms with Gasteiger partial charge in [-0.3, -0.25) is 0 Å². The minimum Gasteiger partial charge on any atom is -0.378 e. The fraction of sp³-hybridized carbons (Fsp3) is 0.389. The second-order valence-electron chi connectivity index (χ2n) is 6.10. The number of carbonyl (C=O) groups is 1. The molecule has 0 unspecified atom stereocenters. The Morgan fingerprint density at radius 2 is 2.16 bits per heavy atom. The highest BCUT2D eigenvalue weighted by Crippen LogP contribution is 2.28. The SMILES string of the molecule is C[C@@H](Cc1ccsc1)NC(=O)Nc1cc(N2CCOCC2)ccc1Cl. The highest BCUT2D eigenvalue weighted by Gasteiger charge is 2.15. The van der Waals surface area contributed by atoms with E-state index in [1.165, 1.54) is 5.56 Å². The first-order valence-electron chi connectivity index (χ1n) is 8.32. The van der Waals surface area contributed by atoms with Gasteiger partial charge in [-0.05, 0) is 53.9 Å². The third kappa shape index (κ3) is 5.11. The second-order valence-corrected chi connectivity index (χ2v) is 7.29. The molecule has 134 valence electrons. The van der Waals surface area contributed by atoms with E-state index in [4.69, 9.17) is 16.3 Å². The summed E-state index contributed by atoms with van der Waals surface area (Å²) in [6.45, 7) is 5.09. The van der Waals surface area contributed by atoms with Gasteiger partial charge in [0.05, 0.1) is 23.9 Å². The normalized spacial score (nSPS) is 15.7. The van der Waals surface area contributed by atoms with Gasteiger partial charge >= 0.3 is 6.03 Å². The van der Waals surface area contributed by atoms with Crippen LogP contribution in [0, 0.1) is 0 Å². The smallest absolute Gasteiger partial charge is 0.319 e. The molecule has 5 nitrogen and oxygen atoms in total. The number of morpholine rings is 1. The van der Waals surface area contributed by atoms with Crippen molar-refractivity contribution in [3.05, 3.63) is 45.6 Å². The number of hydrogen-bond donors (Lipinski definition) is 2. The van der Waals surface area contributed by atoms with Gasteiger partial charge in [-0.2, -0.15) is 11.3 Å². The summed E-state index contributed by atoms with van der Waals surface area (Å²) in [6, 6.07) is 7.56. The fourth-order valence-electron chi connectivity index (χ4n) is 2.82. The monoisotopic (exact) mass is 379 g/mol. The molecule has 1 aliphatic heterocycles. The van der Waals surface area contributed by atoms with Crippen molar-refractivity contribution in [3.8, 4) is 0 Å². The molecule has 1 saturated heterocycles. The maximum absolute atomic E-state index is 12.3. The zero-order valence-electron chi connectivity index (χ0n) is 14.1. The number of urea groups is 1. The maximum Gasteiger partial charge on any atom is 0.319 e. The number of nitrogens with zero attached hydrogens (tertiary/aromatic N) is 1. The highest BCUT2D eigenvalue weighted by molar-refractivity contribution is 7.07. The van der Waals surface area contributed by atoms with Gasteiger partial charge in [0.1, 0.15) is 0 Å². The van der Waals surface area contributed by atoms with Crippen LogP contribution in [-0.4, -0.2) is 38.4 Å². The molecule has 1 aromatic carbocycles. The van der Waals surface area contributed by atoms with Crippen molar-refractivity contribution < 1.29 is 9.53 Å². The number of hydrogen-bond acceptors (Lipinski definition) is 4. The van der Waals surface area contributed by atoms with Crippen molar-refractivity contribution in [1.29, 1.82) is 0 Å². The van der Waals surface area contributed by atoms with Crippen LogP contribution >= 0.6 is 22.9 Å². The van der Waals surface area contributed by atoms with Crippen LogP contribution in [0.25, 0.3) is 0 Å². The lowest BCUT2D eigenvalue weighted by atomic mass is 10.1. The lowest BCUT2D eigenvalue weighted by Crippen LogP contribution is -2.37. The summed E-state index contributed by atoms with van der Waals surface area (Å²) in [6.07, 6.45) is 0.804. The van der Waals surface area contributed by atoms with Crippen molar-refractivity contribution in [2.75, 3.05) is 36.5 Å². The number of amides is 2. The minimum atomic E-state index is -0.247. The Labute approximate surface area is 156 Å². The summed E-state index contributed by atoms with van der Waals surface area (Å²) in [7, 11) is 0. The third-order valence-electron chi connectivity index (χ3n) is 4.07. The average Bonchev–Trinajstić information content (AvgIpc) is 3.10. The average molecular weight is 380 g/mol. The van der Waals surface area contributed by atoms with E-state index in [2.05, 4.69) is 27.0 Å². The maximum atomic E-state index is 12.3. The van der Waals surface area contributed by atoms with Gasteiger partial charge in [-0.15, -0.1) is 0 Å². The molecule has 1 fully saturated rings. The molecule has 2 N–H and O–H groups in total. The van der Waals surface area contributed by atoms with Gasteiger partial charge in [0.25, 0.3) is 0 Å². The predicted molar refractivity (Wildman–Crippen MR) is 104 cm³/mol. The molecule has 2 amide bonds. The van der Waals surface area contributed by atoms with E-state index < -0.39 is 0 Å². The van der Waals surface area contributed by atoms with Gasteiger partial charge in [0.15, 0.2) is 0 Å². The highest BCUT2D eigenvalue weighted by atomic mass is 35.5. The number of anilines is 2. The van der Waals surface area contributed by atoms with Crippen LogP contribution in [0.5, 0.6) is 0 Å². The van der Waals surface area contributed by atoms with Gasteiger partial charge in [-0.25, -0.2) is 4.79 Å². The molecule has 2 heterocycles. The molecule has 1 aliphatic rings. The predicted octanol–water partition coefficient (Wildman–Crippen LogP) is 3.99. The van der Waals surface area contributed by atoms with Crippen molar-refractivity contribution in [2.45, 2.75) is 19.4 Å². The molecule has 0 aliphatic carbocycles. The van der Waals surface area contributed by atoms with E-state index in [0.717, 1.165) is 25.2 Å². The largest absolute Gasteiger partial charge is 0.378 e. The lowest BCUT2D eigenvalue weighted by molar-refractivity contribution is 0.122. The van der Waals surface area contributed by atoms with Crippen LogP contribution in [0.15, 0.2) is 35.0 Å². The van der Waals surface area contributed by atoms with Gasteiger partial charge < -0.3 is 20.3 Å². The van der Waals surface area contributed by atoms with E-state index in [0.29, 0.717) is 23.9 Å². The Morgan fingerprint density at radius 1 is 1.36 bits per heavy atom. The quantitative estimate of drug-likeness (QED) is 0.825. The Morgan fingerprint density at radius 3 is 2.88 bits per heavy atom. The van der Waals surface area contributed by atoms with Gasteiger partial charge in [-0.1, -0.05) is 11.6 Å². The zero-order chi connectivity index (χ0) is 17.6. The molecule has 7 heteroatoms. The van der Waals surface area contributed by atoms with E-state index in [9.17, 15) is 4.79 Å². The Hall–Kier alpha value is -1.76. The van der Waals surface area contributed by atoms with Crippen LogP contribution in [0.4, 0.5) is 16.2 Å².